The number of ether oxygens (including phenoxy) is 7. The number of benzene rings is 2. The lowest BCUT2D eigenvalue weighted by molar-refractivity contribution is -0.150. The van der Waals surface area contributed by atoms with Gasteiger partial charge in [-0.05, 0) is 43.2 Å². The van der Waals surface area contributed by atoms with E-state index in [1.807, 2.05) is 6.92 Å². The molecule has 2 aromatic carbocycles. The largest absolute Gasteiger partial charge is 0.463 e. The van der Waals surface area contributed by atoms with E-state index in [1.54, 1.807) is 18.2 Å². The zero-order valence-corrected chi connectivity index (χ0v) is 27.3. The molecular formula is C34H48F3NO9. The molecule has 0 saturated carbocycles. The lowest BCUT2D eigenvalue weighted by atomic mass is 10.00. The molecule has 264 valence electrons. The lowest BCUT2D eigenvalue weighted by Gasteiger charge is -2.14. The molecule has 0 aliphatic rings. The highest BCUT2D eigenvalue weighted by Crippen LogP contribution is 2.32. The molecule has 13 heteroatoms. The summed E-state index contributed by atoms with van der Waals surface area (Å²) in [7, 11) is 0. The highest BCUT2D eigenvalue weighted by atomic mass is 19.4. The van der Waals surface area contributed by atoms with Gasteiger partial charge in [0.1, 0.15) is 13.2 Å². The Balaban J connectivity index is 1.42. The Morgan fingerprint density at radius 1 is 0.702 bits per heavy atom. The molecule has 0 bridgehead atoms. The number of alkyl halides is 3. The molecule has 0 heterocycles. The molecule has 0 saturated heterocycles. The predicted octanol–water partition coefficient (Wildman–Crippen LogP) is 6.45. The number of anilines is 2. The first-order valence-electron chi connectivity index (χ1n) is 16.0. The van der Waals surface area contributed by atoms with Gasteiger partial charge in [-0.15, -0.1) is 0 Å². The second-order valence-corrected chi connectivity index (χ2v) is 10.4. The maximum absolute atomic E-state index is 13.0. The maximum atomic E-state index is 13.0. The molecule has 0 aliphatic carbocycles. The van der Waals surface area contributed by atoms with E-state index in [4.69, 9.17) is 33.2 Å². The van der Waals surface area contributed by atoms with Crippen LogP contribution in [0.5, 0.6) is 0 Å². The van der Waals surface area contributed by atoms with Crippen LogP contribution in [-0.4, -0.2) is 91.2 Å². The Labute approximate surface area is 275 Å². The highest BCUT2D eigenvalue weighted by molar-refractivity contribution is 5.96. The van der Waals surface area contributed by atoms with Crippen LogP contribution in [0.1, 0.15) is 55.5 Å². The van der Waals surface area contributed by atoms with Crippen LogP contribution in [0.25, 0.3) is 0 Å². The molecule has 2 rings (SSSR count). The number of para-hydroxylation sites is 1. The van der Waals surface area contributed by atoms with Crippen LogP contribution in [0.4, 0.5) is 24.5 Å². The van der Waals surface area contributed by atoms with Crippen molar-refractivity contribution >= 4 is 23.3 Å². The number of esters is 2. The van der Waals surface area contributed by atoms with E-state index < -0.39 is 17.7 Å². The molecule has 0 aliphatic heterocycles. The Morgan fingerprint density at radius 3 is 1.77 bits per heavy atom. The van der Waals surface area contributed by atoms with Crippen LogP contribution in [0.15, 0.2) is 48.5 Å². The molecule has 0 amide bonds. The summed E-state index contributed by atoms with van der Waals surface area (Å²) in [5.41, 5.74) is -0.0941. The molecule has 0 radical (unpaired) electrons. The van der Waals surface area contributed by atoms with Crippen molar-refractivity contribution < 1.29 is 55.9 Å². The third kappa shape index (κ3) is 17.5. The highest BCUT2D eigenvalue weighted by Gasteiger charge is 2.30. The van der Waals surface area contributed by atoms with Crippen molar-refractivity contribution in [3.8, 4) is 0 Å². The van der Waals surface area contributed by atoms with Crippen LogP contribution in [0.3, 0.4) is 0 Å². The average Bonchev–Trinajstić information content (AvgIpc) is 3.06. The van der Waals surface area contributed by atoms with E-state index in [0.29, 0.717) is 65.1 Å². The molecule has 0 fully saturated rings. The summed E-state index contributed by atoms with van der Waals surface area (Å²) < 4.78 is 76.8. The van der Waals surface area contributed by atoms with E-state index in [2.05, 4.69) is 12.2 Å². The minimum absolute atomic E-state index is 0.00314. The molecule has 10 nitrogen and oxygen atoms in total. The smallest absolute Gasteiger partial charge is 0.416 e. The number of halogens is 3. The van der Waals surface area contributed by atoms with Gasteiger partial charge in [-0.2, -0.15) is 13.2 Å². The third-order valence-electron chi connectivity index (χ3n) is 6.77. The Kier molecular flexibility index (Phi) is 20.4. The summed E-state index contributed by atoms with van der Waals surface area (Å²) >= 11 is 0. The van der Waals surface area contributed by atoms with Gasteiger partial charge in [0.15, 0.2) is 0 Å². The monoisotopic (exact) mass is 671 g/mol. The molecule has 0 spiro atoms. The number of nitrogens with one attached hydrogen (secondary N) is 1. The fourth-order valence-electron chi connectivity index (χ4n) is 4.21. The van der Waals surface area contributed by atoms with Gasteiger partial charge in [-0.25, -0.2) is 4.79 Å². The van der Waals surface area contributed by atoms with Crippen molar-refractivity contribution in [2.24, 2.45) is 5.92 Å². The zero-order valence-electron chi connectivity index (χ0n) is 27.3. The first-order valence-corrected chi connectivity index (χ1v) is 16.0. The fourth-order valence-corrected chi connectivity index (χ4v) is 4.21. The summed E-state index contributed by atoms with van der Waals surface area (Å²) in [5, 5.41) is 2.85. The summed E-state index contributed by atoms with van der Waals surface area (Å²) in [5.74, 6) is -0.811. The maximum Gasteiger partial charge on any atom is 0.416 e. The van der Waals surface area contributed by atoms with Gasteiger partial charge in [0.05, 0.1) is 88.8 Å². The van der Waals surface area contributed by atoms with Gasteiger partial charge in [0, 0.05) is 5.69 Å². The number of hydrogen-bond acceptors (Lipinski definition) is 10. The van der Waals surface area contributed by atoms with Crippen molar-refractivity contribution in [2.75, 3.05) is 84.6 Å². The molecular weight excluding hydrogens is 623 g/mol. The van der Waals surface area contributed by atoms with E-state index in [0.717, 1.165) is 37.8 Å². The summed E-state index contributed by atoms with van der Waals surface area (Å²) in [6, 6.07) is 11.1. The quantitative estimate of drug-likeness (QED) is 0.0885. The topological polar surface area (TPSA) is 111 Å². The summed E-state index contributed by atoms with van der Waals surface area (Å²) in [6.07, 6.45) is -0.739. The Morgan fingerprint density at radius 2 is 1.23 bits per heavy atom. The van der Waals surface area contributed by atoms with Crippen molar-refractivity contribution in [3.05, 3.63) is 59.7 Å². The van der Waals surface area contributed by atoms with Crippen LogP contribution in [0, 0.1) is 5.92 Å². The van der Waals surface area contributed by atoms with Crippen LogP contribution >= 0.6 is 0 Å². The van der Waals surface area contributed by atoms with Crippen molar-refractivity contribution in [3.63, 3.8) is 0 Å². The third-order valence-corrected chi connectivity index (χ3v) is 6.77. The van der Waals surface area contributed by atoms with E-state index in [-0.39, 0.29) is 43.0 Å². The fraction of sp³-hybridized carbons (Fsp3) is 0.588. The van der Waals surface area contributed by atoms with Gasteiger partial charge in [0.25, 0.3) is 0 Å². The molecule has 0 aromatic heterocycles. The molecule has 1 unspecified atom stereocenters. The number of unbranched alkanes of at least 4 members (excludes halogenated alkanes) is 1. The minimum Gasteiger partial charge on any atom is -0.463 e. The molecule has 2 aromatic rings. The van der Waals surface area contributed by atoms with Crippen LogP contribution < -0.4 is 5.32 Å². The number of rotatable bonds is 26. The number of carbonyl (C=O) groups is 2. The first kappa shape index (κ1) is 39.9. The number of hydrogen-bond donors (Lipinski definition) is 1. The van der Waals surface area contributed by atoms with E-state index in [1.165, 1.54) is 18.2 Å². The molecule has 47 heavy (non-hydrogen) atoms. The van der Waals surface area contributed by atoms with Gasteiger partial charge in [-0.1, -0.05) is 44.9 Å². The standard InChI is InChI=1S/C34H48F3NO9/c1-3-5-9-27(4-2)32(39)46-24-22-44-20-18-42-16-14-41-15-17-43-19-21-45-23-25-47-33(40)30-12-6-7-13-31(30)38-29-11-8-10-28(26-29)34(35,36)37/h6-8,10-13,26-27,38H,3-5,9,14-25H2,1-2H3. The summed E-state index contributed by atoms with van der Waals surface area (Å²) in [4.78, 5) is 24.6. The minimum atomic E-state index is -4.48. The van der Waals surface area contributed by atoms with Gasteiger partial charge >= 0.3 is 18.1 Å². The first-order chi connectivity index (χ1) is 22.8. The molecule has 1 atom stereocenters. The van der Waals surface area contributed by atoms with Gasteiger partial charge < -0.3 is 38.5 Å². The normalized spacial score (nSPS) is 12.1. The van der Waals surface area contributed by atoms with E-state index in [9.17, 15) is 22.8 Å². The lowest BCUT2D eigenvalue weighted by Crippen LogP contribution is -2.20. The SMILES string of the molecule is CCCCC(CC)C(=O)OCCOCCOCCOCCOCCOCCOC(=O)c1ccccc1Nc1cccc(C(F)(F)F)c1. The number of carbonyl (C=O) groups excluding carboxylic acids is 2. The Hall–Kier alpha value is -3.23. The molecule has 1 N–H and O–H groups in total. The van der Waals surface area contributed by atoms with Crippen LogP contribution in [-0.2, 0) is 44.1 Å². The van der Waals surface area contributed by atoms with Gasteiger partial charge in [-0.3, -0.25) is 4.79 Å². The summed E-state index contributed by atoms with van der Waals surface area (Å²) in [6.45, 7) is 7.89. The van der Waals surface area contributed by atoms with Gasteiger partial charge in [0.2, 0.25) is 0 Å². The average molecular weight is 672 g/mol. The van der Waals surface area contributed by atoms with E-state index >= 15 is 0 Å². The Bertz CT molecular complexity index is 1150. The predicted molar refractivity (Wildman–Crippen MR) is 170 cm³/mol. The van der Waals surface area contributed by atoms with Crippen molar-refractivity contribution in [1.82, 2.24) is 0 Å². The zero-order chi connectivity index (χ0) is 34.2. The van der Waals surface area contributed by atoms with Crippen molar-refractivity contribution in [2.45, 2.75) is 45.7 Å². The van der Waals surface area contributed by atoms with Crippen LogP contribution in [0.2, 0.25) is 0 Å². The van der Waals surface area contributed by atoms with Crippen molar-refractivity contribution in [1.29, 1.82) is 0 Å². The second kappa shape index (κ2) is 24.0. The second-order valence-electron chi connectivity index (χ2n) is 10.4.